The Kier molecular flexibility index (Phi) is 5.57. The first-order chi connectivity index (χ1) is 15.9. The van der Waals surface area contributed by atoms with E-state index in [0.29, 0.717) is 31.0 Å². The Hall–Kier alpha value is -3.34. The largest absolute Gasteiger partial charge is 0.385 e. The molecule has 0 aromatic carbocycles. The molecule has 168 valence electrons. The first-order valence-corrected chi connectivity index (χ1v) is 11.3. The van der Waals surface area contributed by atoms with Gasteiger partial charge in [0.05, 0.1) is 23.9 Å². The molecule has 0 bridgehead atoms. The van der Waals surface area contributed by atoms with Gasteiger partial charge in [-0.25, -0.2) is 9.97 Å². The number of anilines is 1. The molecule has 4 heterocycles. The van der Waals surface area contributed by atoms with Crippen LogP contribution in [0.2, 0.25) is 0 Å². The molecule has 2 N–H and O–H groups in total. The highest BCUT2D eigenvalue weighted by atomic mass is 16.5. The lowest BCUT2D eigenvalue weighted by molar-refractivity contribution is -0.117. The van der Waals surface area contributed by atoms with Crippen LogP contribution in [0.15, 0.2) is 36.8 Å². The third-order valence-corrected chi connectivity index (χ3v) is 6.34. The predicted octanol–water partition coefficient (Wildman–Crippen LogP) is 3.47. The number of ether oxygens (including phenoxy) is 1. The van der Waals surface area contributed by atoms with Gasteiger partial charge in [-0.3, -0.25) is 9.78 Å². The molecule has 1 amide bonds. The number of fused-ring (bicyclic) bond motifs is 1. The number of hydrogen-bond donors (Lipinski definition) is 2. The van der Waals surface area contributed by atoms with E-state index >= 15 is 0 Å². The van der Waals surface area contributed by atoms with Gasteiger partial charge < -0.3 is 15.2 Å². The number of carbonyl (C=O) groups is 1. The van der Waals surface area contributed by atoms with E-state index in [-0.39, 0.29) is 17.9 Å². The van der Waals surface area contributed by atoms with E-state index in [1.165, 1.54) is 0 Å². The number of aryl methyl sites for hydroxylation is 1. The number of aromatic nitrogens is 3. The second-order valence-electron chi connectivity index (χ2n) is 8.99. The predicted molar refractivity (Wildman–Crippen MR) is 124 cm³/mol. The van der Waals surface area contributed by atoms with Crippen LogP contribution in [0.25, 0.3) is 10.8 Å². The first-order valence-electron chi connectivity index (χ1n) is 11.3. The zero-order valence-corrected chi connectivity index (χ0v) is 18.8. The molecule has 0 spiro atoms. The van der Waals surface area contributed by atoms with Crippen molar-refractivity contribution >= 4 is 22.5 Å². The van der Waals surface area contributed by atoms with E-state index in [1.807, 2.05) is 32.0 Å². The van der Waals surface area contributed by atoms with Crippen molar-refractivity contribution in [2.45, 2.75) is 51.2 Å². The molecule has 1 aliphatic heterocycles. The van der Waals surface area contributed by atoms with Crippen molar-refractivity contribution in [3.05, 3.63) is 59.3 Å². The average Bonchev–Trinajstić information content (AvgIpc) is 3.65. The van der Waals surface area contributed by atoms with Gasteiger partial charge in [-0.2, -0.15) is 0 Å². The quantitative estimate of drug-likeness (QED) is 0.603. The molecule has 2 atom stereocenters. The molecule has 3 aromatic rings. The Balaban J connectivity index is 1.41. The molecule has 3 aromatic heterocycles. The number of amides is 1. The molecule has 2 fully saturated rings. The summed E-state index contributed by atoms with van der Waals surface area (Å²) < 4.78 is 5.56. The zero-order valence-electron chi connectivity index (χ0n) is 18.8. The minimum absolute atomic E-state index is 0.0129. The third-order valence-electron chi connectivity index (χ3n) is 6.34. The number of nitrogens with one attached hydrogen (secondary N) is 1. The van der Waals surface area contributed by atoms with Gasteiger partial charge in [0.15, 0.2) is 0 Å². The summed E-state index contributed by atoms with van der Waals surface area (Å²) in [6.45, 7) is 4.42. The summed E-state index contributed by atoms with van der Waals surface area (Å²) in [5.41, 5.74) is 2.06. The smallest absolute Gasteiger partial charge is 0.228 e. The van der Waals surface area contributed by atoms with Crippen molar-refractivity contribution in [1.82, 2.24) is 15.0 Å². The molecular weight excluding hydrogens is 416 g/mol. The van der Waals surface area contributed by atoms with Crippen LogP contribution in [0, 0.1) is 24.7 Å². The summed E-state index contributed by atoms with van der Waals surface area (Å²) in [6.07, 6.45) is 8.16. The van der Waals surface area contributed by atoms with Gasteiger partial charge in [-0.15, -0.1) is 0 Å². The van der Waals surface area contributed by atoms with Crippen molar-refractivity contribution in [3.63, 3.8) is 0 Å². The first kappa shape index (κ1) is 21.5. The molecule has 5 rings (SSSR count). The maximum Gasteiger partial charge on any atom is 0.228 e. The van der Waals surface area contributed by atoms with E-state index in [4.69, 9.17) is 4.74 Å². The molecule has 7 nitrogen and oxygen atoms in total. The zero-order chi connectivity index (χ0) is 23.0. The molecular formula is C26H26N4O3. The Labute approximate surface area is 192 Å². The number of nitrogens with zero attached hydrogens (tertiary/aromatic N) is 3. The van der Waals surface area contributed by atoms with Crippen LogP contribution < -0.4 is 5.32 Å². The van der Waals surface area contributed by atoms with E-state index < -0.39 is 5.60 Å². The van der Waals surface area contributed by atoms with Crippen LogP contribution in [0.3, 0.4) is 0 Å². The minimum atomic E-state index is -0.915. The standard InChI is InChI=1S/C26H26N4O3/c1-16-12-26(32,9-10-33-16)20-6-8-21(28-14-20)7-5-19-13-27-17(2)23-15-29-24(11-22(19)23)30-25(31)18-3-4-18/h6,8,11,13-16,18,32H,3-4,9-10,12H2,1-2H3,(H,29,30,31)/t16-,26+/m1/s1. The monoisotopic (exact) mass is 442 g/mol. The van der Waals surface area contributed by atoms with Gasteiger partial charge in [0, 0.05) is 59.4 Å². The molecule has 1 saturated carbocycles. The van der Waals surface area contributed by atoms with Crippen molar-refractivity contribution in [1.29, 1.82) is 0 Å². The number of rotatable bonds is 3. The van der Waals surface area contributed by atoms with Gasteiger partial charge in [0.2, 0.25) is 5.91 Å². The summed E-state index contributed by atoms with van der Waals surface area (Å²) in [5, 5.41) is 15.7. The maximum absolute atomic E-state index is 12.1. The number of aliphatic hydroxyl groups is 1. The highest BCUT2D eigenvalue weighted by molar-refractivity contribution is 5.96. The molecule has 1 aliphatic carbocycles. The Bertz CT molecular complexity index is 1270. The van der Waals surface area contributed by atoms with Gasteiger partial charge >= 0.3 is 0 Å². The van der Waals surface area contributed by atoms with Gasteiger partial charge in [-0.1, -0.05) is 12.0 Å². The van der Waals surface area contributed by atoms with Crippen LogP contribution in [0.5, 0.6) is 0 Å². The second kappa shape index (κ2) is 8.54. The topological polar surface area (TPSA) is 97.2 Å². The lowest BCUT2D eigenvalue weighted by atomic mass is 9.85. The Morgan fingerprint density at radius 1 is 1.15 bits per heavy atom. The molecule has 33 heavy (non-hydrogen) atoms. The second-order valence-corrected chi connectivity index (χ2v) is 8.99. The lowest BCUT2D eigenvalue weighted by Gasteiger charge is -2.35. The lowest BCUT2D eigenvalue weighted by Crippen LogP contribution is -2.37. The molecule has 0 radical (unpaired) electrons. The summed E-state index contributed by atoms with van der Waals surface area (Å²) in [5.74, 6) is 6.91. The fraction of sp³-hybridized carbons (Fsp3) is 0.385. The fourth-order valence-electron chi connectivity index (χ4n) is 4.21. The highest BCUT2D eigenvalue weighted by Crippen LogP contribution is 2.34. The third kappa shape index (κ3) is 4.58. The van der Waals surface area contributed by atoms with Gasteiger partial charge in [-0.05, 0) is 44.7 Å². The van der Waals surface area contributed by atoms with E-state index in [0.717, 1.165) is 40.4 Å². The fourth-order valence-corrected chi connectivity index (χ4v) is 4.21. The van der Waals surface area contributed by atoms with E-state index in [1.54, 1.807) is 18.6 Å². The van der Waals surface area contributed by atoms with Crippen LogP contribution in [0.1, 0.15) is 55.1 Å². The van der Waals surface area contributed by atoms with E-state index in [9.17, 15) is 9.90 Å². The average molecular weight is 443 g/mol. The number of hydrogen-bond acceptors (Lipinski definition) is 6. The normalized spacial score (nSPS) is 22.5. The van der Waals surface area contributed by atoms with Gasteiger partial charge in [0.25, 0.3) is 0 Å². The summed E-state index contributed by atoms with van der Waals surface area (Å²) >= 11 is 0. The summed E-state index contributed by atoms with van der Waals surface area (Å²) in [6, 6.07) is 5.57. The van der Waals surface area contributed by atoms with Gasteiger partial charge in [0.1, 0.15) is 11.5 Å². The molecule has 1 saturated heterocycles. The van der Waals surface area contributed by atoms with Crippen LogP contribution >= 0.6 is 0 Å². The SMILES string of the molecule is Cc1ncc(C#Cc2ccc([C@]3(O)CCO[C@H](C)C3)cn2)c2cc(NC(=O)C3CC3)ncc12. The van der Waals surface area contributed by atoms with Crippen LogP contribution in [-0.2, 0) is 15.1 Å². The summed E-state index contributed by atoms with van der Waals surface area (Å²) in [7, 11) is 0. The van der Waals surface area contributed by atoms with Crippen molar-refractivity contribution in [3.8, 4) is 11.8 Å². The molecule has 7 heteroatoms. The number of carbonyl (C=O) groups excluding carboxylic acids is 1. The Morgan fingerprint density at radius 2 is 2.00 bits per heavy atom. The maximum atomic E-state index is 12.1. The Morgan fingerprint density at radius 3 is 2.73 bits per heavy atom. The van der Waals surface area contributed by atoms with E-state index in [2.05, 4.69) is 32.1 Å². The highest BCUT2D eigenvalue weighted by Gasteiger charge is 2.35. The number of pyridine rings is 3. The van der Waals surface area contributed by atoms with Crippen molar-refractivity contribution in [2.75, 3.05) is 11.9 Å². The molecule has 0 unspecified atom stereocenters. The van der Waals surface area contributed by atoms with Crippen molar-refractivity contribution in [2.24, 2.45) is 5.92 Å². The summed E-state index contributed by atoms with van der Waals surface area (Å²) in [4.78, 5) is 25.4. The van der Waals surface area contributed by atoms with Crippen molar-refractivity contribution < 1.29 is 14.6 Å². The van der Waals surface area contributed by atoms with Crippen LogP contribution in [-0.4, -0.2) is 38.7 Å². The van der Waals surface area contributed by atoms with Crippen LogP contribution in [0.4, 0.5) is 5.82 Å². The molecule has 2 aliphatic rings. The minimum Gasteiger partial charge on any atom is -0.385 e.